The van der Waals surface area contributed by atoms with Gasteiger partial charge in [-0.15, -0.1) is 0 Å². The zero-order chi connectivity index (χ0) is 13.3. The molecule has 2 nitrogen and oxygen atoms in total. The van der Waals surface area contributed by atoms with Crippen molar-refractivity contribution in [1.82, 2.24) is 0 Å². The van der Waals surface area contributed by atoms with Crippen LogP contribution >= 0.6 is 0 Å². The molecule has 0 saturated heterocycles. The lowest BCUT2D eigenvalue weighted by atomic mass is 9.84. The quantitative estimate of drug-likeness (QED) is 0.460. The van der Waals surface area contributed by atoms with Gasteiger partial charge in [0.15, 0.2) is 0 Å². The van der Waals surface area contributed by atoms with Crippen LogP contribution in [0.15, 0.2) is 0 Å². The number of hydrogen-bond donors (Lipinski definition) is 0. The monoisotopic (exact) mass is 242 g/mol. The maximum absolute atomic E-state index is 11.4. The van der Waals surface area contributed by atoms with Crippen LogP contribution < -0.4 is 0 Å². The van der Waals surface area contributed by atoms with Crippen LogP contribution in [0.5, 0.6) is 0 Å². The summed E-state index contributed by atoms with van der Waals surface area (Å²) in [4.78, 5) is 11.4. The van der Waals surface area contributed by atoms with Crippen LogP contribution in [-0.2, 0) is 9.53 Å². The van der Waals surface area contributed by atoms with Gasteiger partial charge < -0.3 is 4.74 Å². The molecule has 0 aliphatic heterocycles. The topological polar surface area (TPSA) is 26.3 Å². The molecule has 0 saturated carbocycles. The summed E-state index contributed by atoms with van der Waals surface area (Å²) >= 11 is 0. The fourth-order valence-electron chi connectivity index (χ4n) is 2.11. The molecular formula is C15H30O2. The van der Waals surface area contributed by atoms with Crippen molar-refractivity contribution in [3.63, 3.8) is 0 Å². The summed E-state index contributed by atoms with van der Waals surface area (Å²) < 4.78 is 5.23. The van der Waals surface area contributed by atoms with E-state index in [0.717, 1.165) is 25.7 Å². The smallest absolute Gasteiger partial charge is 0.305 e. The van der Waals surface area contributed by atoms with E-state index in [4.69, 9.17) is 4.74 Å². The number of hydrogen-bond acceptors (Lipinski definition) is 2. The largest absolute Gasteiger partial charge is 0.466 e. The highest BCUT2D eigenvalue weighted by atomic mass is 16.5. The molecule has 0 radical (unpaired) electrons. The van der Waals surface area contributed by atoms with Gasteiger partial charge in [-0.05, 0) is 30.6 Å². The van der Waals surface area contributed by atoms with E-state index in [9.17, 15) is 4.79 Å². The maximum Gasteiger partial charge on any atom is 0.305 e. The molecule has 0 fully saturated rings. The molecule has 0 spiro atoms. The van der Waals surface area contributed by atoms with E-state index < -0.39 is 0 Å². The van der Waals surface area contributed by atoms with Crippen LogP contribution in [0.2, 0.25) is 0 Å². The lowest BCUT2D eigenvalue weighted by Gasteiger charge is -2.22. The van der Waals surface area contributed by atoms with Crippen molar-refractivity contribution >= 4 is 5.97 Å². The predicted octanol–water partition coefficient (Wildman–Crippen LogP) is 4.57. The SMILES string of the molecule is CCCCCC(=O)OCC[C@H](C)CC(C)(C)C. The van der Waals surface area contributed by atoms with Gasteiger partial charge in [-0.1, -0.05) is 47.5 Å². The average molecular weight is 242 g/mol. The van der Waals surface area contributed by atoms with Gasteiger partial charge in [0.05, 0.1) is 6.61 Å². The van der Waals surface area contributed by atoms with Crippen LogP contribution in [0.1, 0.15) is 73.1 Å². The molecular weight excluding hydrogens is 212 g/mol. The average Bonchev–Trinajstić information content (AvgIpc) is 2.15. The Morgan fingerprint density at radius 3 is 2.41 bits per heavy atom. The van der Waals surface area contributed by atoms with Gasteiger partial charge in [0, 0.05) is 6.42 Å². The van der Waals surface area contributed by atoms with Gasteiger partial charge in [-0.3, -0.25) is 4.79 Å². The summed E-state index contributed by atoms with van der Waals surface area (Å²) in [5.74, 6) is 0.597. The van der Waals surface area contributed by atoms with Crippen LogP contribution in [-0.4, -0.2) is 12.6 Å². The van der Waals surface area contributed by atoms with Crippen molar-refractivity contribution in [1.29, 1.82) is 0 Å². The van der Waals surface area contributed by atoms with E-state index in [0.29, 0.717) is 24.4 Å². The Morgan fingerprint density at radius 2 is 1.88 bits per heavy atom. The minimum atomic E-state index is -0.0265. The summed E-state index contributed by atoms with van der Waals surface area (Å²) in [5.41, 5.74) is 0.366. The Hall–Kier alpha value is -0.530. The Morgan fingerprint density at radius 1 is 1.24 bits per heavy atom. The predicted molar refractivity (Wildman–Crippen MR) is 73.0 cm³/mol. The molecule has 0 aliphatic rings. The van der Waals surface area contributed by atoms with Gasteiger partial charge in [-0.2, -0.15) is 0 Å². The first-order chi connectivity index (χ1) is 7.85. The zero-order valence-electron chi connectivity index (χ0n) is 12.3. The highest BCUT2D eigenvalue weighted by molar-refractivity contribution is 5.69. The molecule has 0 amide bonds. The molecule has 0 aromatic heterocycles. The molecule has 0 rings (SSSR count). The zero-order valence-corrected chi connectivity index (χ0v) is 12.3. The van der Waals surface area contributed by atoms with E-state index in [2.05, 4.69) is 34.6 Å². The van der Waals surface area contributed by atoms with Gasteiger partial charge >= 0.3 is 5.97 Å². The summed E-state index contributed by atoms with van der Waals surface area (Å²) in [7, 11) is 0. The second-order valence-electron chi connectivity index (χ2n) is 6.34. The molecule has 0 heterocycles. The first-order valence-corrected chi connectivity index (χ1v) is 7.00. The van der Waals surface area contributed by atoms with Gasteiger partial charge in [0.2, 0.25) is 0 Å². The molecule has 0 N–H and O–H groups in total. The van der Waals surface area contributed by atoms with E-state index in [1.165, 1.54) is 6.42 Å². The Labute approximate surface area is 107 Å². The molecule has 1 atom stereocenters. The molecule has 0 aromatic rings. The minimum Gasteiger partial charge on any atom is -0.466 e. The normalized spacial score (nSPS) is 13.5. The Kier molecular flexibility index (Phi) is 8.28. The number of esters is 1. The summed E-state index contributed by atoms with van der Waals surface area (Å²) in [6, 6.07) is 0. The van der Waals surface area contributed by atoms with Crippen molar-refractivity contribution in [2.75, 3.05) is 6.61 Å². The molecule has 0 aromatic carbocycles. The Bertz CT molecular complexity index is 203. The maximum atomic E-state index is 11.4. The third kappa shape index (κ3) is 11.7. The lowest BCUT2D eigenvalue weighted by molar-refractivity contribution is -0.144. The molecule has 0 bridgehead atoms. The van der Waals surface area contributed by atoms with E-state index >= 15 is 0 Å². The van der Waals surface area contributed by atoms with E-state index in [1.54, 1.807) is 0 Å². The first kappa shape index (κ1) is 16.5. The number of carbonyl (C=O) groups excluding carboxylic acids is 1. The number of rotatable bonds is 8. The fraction of sp³-hybridized carbons (Fsp3) is 0.933. The van der Waals surface area contributed by atoms with E-state index in [1.807, 2.05) is 0 Å². The summed E-state index contributed by atoms with van der Waals surface area (Å²) in [5, 5.41) is 0. The third-order valence-electron chi connectivity index (χ3n) is 2.82. The second-order valence-corrected chi connectivity index (χ2v) is 6.34. The van der Waals surface area contributed by atoms with Gasteiger partial charge in [0.25, 0.3) is 0 Å². The van der Waals surface area contributed by atoms with Crippen molar-refractivity contribution in [3.8, 4) is 0 Å². The van der Waals surface area contributed by atoms with Gasteiger partial charge in [0.1, 0.15) is 0 Å². The van der Waals surface area contributed by atoms with Crippen molar-refractivity contribution < 1.29 is 9.53 Å². The fourth-order valence-corrected chi connectivity index (χ4v) is 2.11. The van der Waals surface area contributed by atoms with Crippen LogP contribution in [0.25, 0.3) is 0 Å². The molecule has 2 heteroatoms. The standard InChI is InChI=1S/C15H30O2/c1-6-7-8-9-14(16)17-11-10-13(2)12-15(3,4)5/h13H,6-12H2,1-5H3/t13-/m0/s1. The minimum absolute atomic E-state index is 0.0265. The molecule has 0 aliphatic carbocycles. The molecule has 0 unspecified atom stereocenters. The molecule has 17 heavy (non-hydrogen) atoms. The van der Waals surface area contributed by atoms with Gasteiger partial charge in [-0.25, -0.2) is 0 Å². The summed E-state index contributed by atoms with van der Waals surface area (Å²) in [6.07, 6.45) is 5.98. The van der Waals surface area contributed by atoms with Crippen molar-refractivity contribution in [2.24, 2.45) is 11.3 Å². The number of ether oxygens (including phenoxy) is 1. The first-order valence-electron chi connectivity index (χ1n) is 7.00. The van der Waals surface area contributed by atoms with Crippen molar-refractivity contribution in [2.45, 2.75) is 73.1 Å². The van der Waals surface area contributed by atoms with Crippen LogP contribution in [0, 0.1) is 11.3 Å². The molecule has 102 valence electrons. The second kappa shape index (κ2) is 8.54. The highest BCUT2D eigenvalue weighted by Crippen LogP contribution is 2.25. The Balaban J connectivity index is 3.52. The summed E-state index contributed by atoms with van der Waals surface area (Å²) in [6.45, 7) is 11.7. The van der Waals surface area contributed by atoms with E-state index in [-0.39, 0.29) is 5.97 Å². The van der Waals surface area contributed by atoms with Crippen LogP contribution in [0.3, 0.4) is 0 Å². The van der Waals surface area contributed by atoms with Crippen LogP contribution in [0.4, 0.5) is 0 Å². The number of carbonyl (C=O) groups is 1. The van der Waals surface area contributed by atoms with Crippen molar-refractivity contribution in [3.05, 3.63) is 0 Å². The third-order valence-corrected chi connectivity index (χ3v) is 2.82. The number of unbranched alkanes of at least 4 members (excludes halogenated alkanes) is 2. The lowest BCUT2D eigenvalue weighted by Crippen LogP contribution is -2.14. The highest BCUT2D eigenvalue weighted by Gasteiger charge is 2.15.